The summed E-state index contributed by atoms with van der Waals surface area (Å²) >= 11 is 0. The van der Waals surface area contributed by atoms with Gasteiger partial charge in [0.15, 0.2) is 0 Å². The number of aliphatic hydroxyl groups is 1. The molecule has 26 heavy (non-hydrogen) atoms. The highest BCUT2D eigenvalue weighted by atomic mass is 16.7. The number of allylic oxidation sites excluding steroid dienone is 1. The van der Waals surface area contributed by atoms with Crippen LogP contribution in [-0.4, -0.2) is 35.7 Å². The molecule has 1 spiro atoms. The molecule has 3 heterocycles. The molecule has 2 saturated heterocycles. The predicted octanol–water partition coefficient (Wildman–Crippen LogP) is 2.22. The normalized spacial score (nSPS) is 49.8. The zero-order valence-corrected chi connectivity index (χ0v) is 14.9. The minimum atomic E-state index is -1.29. The molecule has 3 aliphatic heterocycles. The molecule has 2 aliphatic carbocycles. The molecule has 0 amide bonds. The summed E-state index contributed by atoms with van der Waals surface area (Å²) in [7, 11) is 0. The second-order valence-corrected chi connectivity index (χ2v) is 8.72. The van der Waals surface area contributed by atoms with Gasteiger partial charge in [0, 0.05) is 17.1 Å². The molecule has 7 atom stereocenters. The Morgan fingerprint density at radius 3 is 2.81 bits per heavy atom. The maximum absolute atomic E-state index is 12.8. The largest absolute Gasteiger partial charge is 0.435 e. The van der Waals surface area contributed by atoms with Crippen molar-refractivity contribution in [2.45, 2.75) is 64.1 Å². The number of carbonyl (C=O) groups excluding carboxylic acids is 2. The number of aliphatic hydroxyl groups excluding tert-OH is 1. The Morgan fingerprint density at radius 2 is 2.08 bits per heavy atom. The molecule has 0 aromatic rings. The third kappa shape index (κ3) is 1.89. The van der Waals surface area contributed by atoms with Gasteiger partial charge in [-0.05, 0) is 50.9 Å². The Morgan fingerprint density at radius 1 is 1.27 bits per heavy atom. The van der Waals surface area contributed by atoms with Crippen molar-refractivity contribution in [3.05, 3.63) is 23.8 Å². The van der Waals surface area contributed by atoms with Gasteiger partial charge in [-0.3, -0.25) is 4.79 Å². The van der Waals surface area contributed by atoms with Crippen LogP contribution in [0.4, 0.5) is 0 Å². The topological polar surface area (TPSA) is 82.1 Å². The number of ether oxygens (including phenoxy) is 3. The maximum Gasteiger partial charge on any atom is 0.333 e. The SMILES string of the molecule is C=C1CCC2C3(C)CCCC24C(OC3=O)OC(C2=CC(=O)OC2O)CC14. The van der Waals surface area contributed by atoms with E-state index in [9.17, 15) is 14.7 Å². The lowest BCUT2D eigenvalue weighted by Gasteiger charge is -2.66. The van der Waals surface area contributed by atoms with Crippen LogP contribution in [0.1, 0.15) is 45.4 Å². The molecule has 1 N–H and O–H groups in total. The standard InChI is InChI=1S/C20H24O6/c1-10-4-5-14-19(2)6-3-7-20(14)12(10)9-13(24-18(20)26-17(19)23)11-8-15(21)25-16(11)22/h8,12-14,16,18,22H,1,3-7,9H2,2H3. The Hall–Kier alpha value is -1.66. The molecule has 0 radical (unpaired) electrons. The highest BCUT2D eigenvalue weighted by Crippen LogP contribution is 2.68. The number of hydrogen-bond acceptors (Lipinski definition) is 6. The smallest absolute Gasteiger partial charge is 0.333 e. The van der Waals surface area contributed by atoms with E-state index in [1.54, 1.807) is 0 Å². The van der Waals surface area contributed by atoms with Crippen molar-refractivity contribution in [2.75, 3.05) is 0 Å². The lowest BCUT2D eigenvalue weighted by Crippen LogP contribution is -2.68. The van der Waals surface area contributed by atoms with Crippen molar-refractivity contribution >= 4 is 11.9 Å². The van der Waals surface area contributed by atoms with E-state index in [-0.39, 0.29) is 23.2 Å². The van der Waals surface area contributed by atoms with Crippen LogP contribution in [0.2, 0.25) is 0 Å². The molecular formula is C20H24O6. The summed E-state index contributed by atoms with van der Waals surface area (Å²) in [6, 6.07) is 0. The van der Waals surface area contributed by atoms with E-state index in [1.165, 1.54) is 11.6 Å². The first kappa shape index (κ1) is 16.5. The molecular weight excluding hydrogens is 336 g/mol. The molecule has 7 unspecified atom stereocenters. The van der Waals surface area contributed by atoms with Gasteiger partial charge >= 0.3 is 11.9 Å². The number of carbonyl (C=O) groups is 2. The lowest BCUT2D eigenvalue weighted by atomic mass is 9.43. The van der Waals surface area contributed by atoms with Crippen molar-refractivity contribution < 1.29 is 28.9 Å². The summed E-state index contributed by atoms with van der Waals surface area (Å²) in [5, 5.41) is 10.0. The molecule has 5 rings (SSSR count). The van der Waals surface area contributed by atoms with Crippen LogP contribution in [0.3, 0.4) is 0 Å². The average molecular weight is 360 g/mol. The zero-order chi connectivity index (χ0) is 18.3. The van der Waals surface area contributed by atoms with Crippen LogP contribution in [0.5, 0.6) is 0 Å². The first-order valence-electron chi connectivity index (χ1n) is 9.50. The number of cyclic esters (lactones) is 1. The van der Waals surface area contributed by atoms with Crippen molar-refractivity contribution in [1.82, 2.24) is 0 Å². The zero-order valence-electron chi connectivity index (χ0n) is 14.9. The van der Waals surface area contributed by atoms with Gasteiger partial charge in [-0.25, -0.2) is 4.79 Å². The number of rotatable bonds is 1. The monoisotopic (exact) mass is 360 g/mol. The number of hydrogen-bond donors (Lipinski definition) is 1. The van der Waals surface area contributed by atoms with Crippen LogP contribution in [0.25, 0.3) is 0 Å². The molecule has 4 fully saturated rings. The maximum atomic E-state index is 12.8. The Kier molecular flexibility index (Phi) is 3.30. The number of esters is 2. The van der Waals surface area contributed by atoms with Gasteiger partial charge in [0.05, 0.1) is 11.5 Å². The van der Waals surface area contributed by atoms with Crippen LogP contribution in [0, 0.1) is 22.7 Å². The Balaban J connectivity index is 1.57. The fourth-order valence-electron chi connectivity index (χ4n) is 6.47. The molecule has 6 heteroatoms. The van der Waals surface area contributed by atoms with Crippen molar-refractivity contribution in [2.24, 2.45) is 22.7 Å². The fraction of sp³-hybridized carbons (Fsp3) is 0.700. The highest BCUT2D eigenvalue weighted by Gasteiger charge is 2.70. The summed E-state index contributed by atoms with van der Waals surface area (Å²) < 4.78 is 16.9. The lowest BCUT2D eigenvalue weighted by molar-refractivity contribution is -0.325. The second kappa shape index (κ2) is 5.20. The first-order valence-corrected chi connectivity index (χ1v) is 9.50. The van der Waals surface area contributed by atoms with Gasteiger partial charge in [-0.15, -0.1) is 0 Å². The first-order chi connectivity index (χ1) is 12.4. The minimum absolute atomic E-state index is 0.154. The van der Waals surface area contributed by atoms with Gasteiger partial charge in [-0.2, -0.15) is 0 Å². The summed E-state index contributed by atoms with van der Waals surface area (Å²) in [4.78, 5) is 24.4. The Labute approximate surface area is 152 Å². The van der Waals surface area contributed by atoms with Gasteiger partial charge in [0.2, 0.25) is 12.6 Å². The van der Waals surface area contributed by atoms with E-state index in [1.807, 2.05) is 6.92 Å². The Bertz CT molecular complexity index is 741. The minimum Gasteiger partial charge on any atom is -0.435 e. The molecule has 140 valence electrons. The third-order valence-corrected chi connectivity index (χ3v) is 7.65. The van der Waals surface area contributed by atoms with Gasteiger partial charge < -0.3 is 19.3 Å². The summed E-state index contributed by atoms with van der Waals surface area (Å²) in [5.74, 6) is -0.362. The van der Waals surface area contributed by atoms with Crippen molar-refractivity contribution in [3.8, 4) is 0 Å². The average Bonchev–Trinajstić information content (AvgIpc) is 2.92. The van der Waals surface area contributed by atoms with Gasteiger partial charge in [0.25, 0.3) is 0 Å². The molecule has 0 aromatic heterocycles. The summed E-state index contributed by atoms with van der Waals surface area (Å²) in [6.07, 6.45) is 4.12. The van der Waals surface area contributed by atoms with E-state index < -0.39 is 30.1 Å². The van der Waals surface area contributed by atoms with E-state index in [2.05, 4.69) is 6.58 Å². The van der Waals surface area contributed by atoms with E-state index >= 15 is 0 Å². The van der Waals surface area contributed by atoms with Crippen LogP contribution >= 0.6 is 0 Å². The molecule has 2 bridgehead atoms. The second-order valence-electron chi connectivity index (χ2n) is 8.72. The summed E-state index contributed by atoms with van der Waals surface area (Å²) in [5.41, 5.74) is 0.902. The van der Waals surface area contributed by atoms with E-state index in [4.69, 9.17) is 14.2 Å². The predicted molar refractivity (Wildman–Crippen MR) is 89.3 cm³/mol. The van der Waals surface area contributed by atoms with Crippen LogP contribution in [-0.2, 0) is 23.8 Å². The van der Waals surface area contributed by atoms with Gasteiger partial charge in [-0.1, -0.05) is 18.6 Å². The quantitative estimate of drug-likeness (QED) is 0.570. The van der Waals surface area contributed by atoms with E-state index in [0.717, 1.165) is 32.1 Å². The third-order valence-electron chi connectivity index (χ3n) is 7.65. The van der Waals surface area contributed by atoms with Gasteiger partial charge in [0.1, 0.15) is 0 Å². The van der Waals surface area contributed by atoms with E-state index in [0.29, 0.717) is 12.0 Å². The molecule has 5 aliphatic rings. The summed E-state index contributed by atoms with van der Waals surface area (Å²) in [6.45, 7) is 6.37. The molecule has 0 aromatic carbocycles. The van der Waals surface area contributed by atoms with Crippen molar-refractivity contribution in [1.29, 1.82) is 0 Å². The van der Waals surface area contributed by atoms with Crippen LogP contribution < -0.4 is 0 Å². The molecule has 2 saturated carbocycles. The highest BCUT2D eigenvalue weighted by molar-refractivity contribution is 5.85. The fourth-order valence-corrected chi connectivity index (χ4v) is 6.47. The van der Waals surface area contributed by atoms with Crippen molar-refractivity contribution in [3.63, 3.8) is 0 Å². The van der Waals surface area contributed by atoms with Crippen LogP contribution in [0.15, 0.2) is 23.8 Å². The molecule has 6 nitrogen and oxygen atoms in total.